The summed E-state index contributed by atoms with van der Waals surface area (Å²) < 4.78 is 1.83. The molecule has 0 saturated heterocycles. The van der Waals surface area contributed by atoms with Gasteiger partial charge in [-0.25, -0.2) is 0 Å². The van der Waals surface area contributed by atoms with Crippen LogP contribution in [-0.4, -0.2) is 25.7 Å². The van der Waals surface area contributed by atoms with Crippen molar-refractivity contribution in [2.24, 2.45) is 0 Å². The third kappa shape index (κ3) is 4.00. The van der Waals surface area contributed by atoms with Crippen LogP contribution in [0.3, 0.4) is 0 Å². The lowest BCUT2D eigenvalue weighted by Gasteiger charge is -2.20. The molecule has 0 bridgehead atoms. The summed E-state index contributed by atoms with van der Waals surface area (Å²) in [5.74, 6) is 0. The van der Waals surface area contributed by atoms with Gasteiger partial charge in [0.2, 0.25) is 0 Å². The maximum absolute atomic E-state index is 10.0. The number of hydrogen-bond acceptors (Lipinski definition) is 3. The quantitative estimate of drug-likeness (QED) is 0.780. The third-order valence-corrected chi connectivity index (χ3v) is 2.39. The van der Waals surface area contributed by atoms with Gasteiger partial charge in [-0.1, -0.05) is 25.5 Å². The number of aliphatic hydroxyl groups is 1. The first-order valence-corrected chi connectivity index (χ1v) is 5.69. The highest BCUT2D eigenvalue weighted by molar-refractivity contribution is 4.98. The van der Waals surface area contributed by atoms with Crippen molar-refractivity contribution in [2.45, 2.75) is 58.6 Å². The smallest absolute Gasteiger partial charge is 0.0855 e. The lowest BCUT2D eigenvalue weighted by molar-refractivity contribution is 0.0495. The molecule has 86 valence electrons. The molecule has 0 aliphatic carbocycles. The van der Waals surface area contributed by atoms with Gasteiger partial charge in [0.1, 0.15) is 0 Å². The van der Waals surface area contributed by atoms with Crippen molar-refractivity contribution >= 4 is 0 Å². The van der Waals surface area contributed by atoms with Crippen LogP contribution in [0.5, 0.6) is 0 Å². The fourth-order valence-corrected chi connectivity index (χ4v) is 1.78. The normalized spacial score (nSPS) is 15.2. The molecule has 0 aliphatic rings. The van der Waals surface area contributed by atoms with Gasteiger partial charge in [0.25, 0.3) is 0 Å². The summed E-state index contributed by atoms with van der Waals surface area (Å²) in [6.07, 6.45) is 5.34. The Bertz CT molecular complexity index is 294. The predicted octanol–water partition coefficient (Wildman–Crippen LogP) is 1.78. The summed E-state index contributed by atoms with van der Waals surface area (Å²) in [7, 11) is 0. The molecule has 15 heavy (non-hydrogen) atoms. The summed E-state index contributed by atoms with van der Waals surface area (Å²) in [5.41, 5.74) is 0.226. The topological polar surface area (TPSA) is 50.9 Å². The average Bonchev–Trinajstić information content (AvgIpc) is 2.52. The van der Waals surface area contributed by atoms with Gasteiger partial charge in [-0.05, 0) is 19.8 Å². The predicted molar refractivity (Wildman–Crippen MR) is 59.5 cm³/mol. The van der Waals surface area contributed by atoms with Crippen molar-refractivity contribution < 1.29 is 5.11 Å². The van der Waals surface area contributed by atoms with Crippen molar-refractivity contribution in [1.82, 2.24) is 15.0 Å². The van der Waals surface area contributed by atoms with Crippen molar-refractivity contribution in [3.05, 3.63) is 11.9 Å². The second kappa shape index (κ2) is 5.26. The molecule has 4 nitrogen and oxygen atoms in total. The number of nitrogens with zero attached hydrogens (tertiary/aromatic N) is 3. The fraction of sp³-hybridized carbons (Fsp3) is 0.818. The second-order valence-electron chi connectivity index (χ2n) is 4.40. The Morgan fingerprint density at radius 1 is 1.40 bits per heavy atom. The molecule has 1 aromatic rings. The molecule has 1 rings (SSSR count). The van der Waals surface area contributed by atoms with Gasteiger partial charge in [-0.15, -0.1) is 5.10 Å². The largest absolute Gasteiger partial charge is 0.390 e. The molecular formula is C11H21N3O. The number of aromatic nitrogens is 3. The zero-order valence-electron chi connectivity index (χ0n) is 9.90. The van der Waals surface area contributed by atoms with Gasteiger partial charge in [-0.2, -0.15) is 0 Å². The van der Waals surface area contributed by atoms with Gasteiger partial charge >= 0.3 is 0 Å². The first-order valence-electron chi connectivity index (χ1n) is 5.69. The SMILES string of the molecule is CCCn1cc(CC(C)(O)CCC)nn1. The molecule has 0 spiro atoms. The Hall–Kier alpha value is -0.900. The van der Waals surface area contributed by atoms with E-state index in [1.54, 1.807) is 0 Å². The molecule has 0 saturated carbocycles. The first-order chi connectivity index (χ1) is 7.07. The molecule has 1 unspecified atom stereocenters. The highest BCUT2D eigenvalue weighted by Gasteiger charge is 2.21. The molecule has 0 aliphatic heterocycles. The number of rotatable bonds is 6. The highest BCUT2D eigenvalue weighted by Crippen LogP contribution is 2.16. The van der Waals surface area contributed by atoms with Gasteiger partial charge < -0.3 is 5.11 Å². The van der Waals surface area contributed by atoms with Crippen molar-refractivity contribution in [3.63, 3.8) is 0 Å². The monoisotopic (exact) mass is 211 g/mol. The molecule has 0 radical (unpaired) electrons. The number of hydrogen-bond donors (Lipinski definition) is 1. The molecule has 4 heteroatoms. The Morgan fingerprint density at radius 3 is 2.73 bits per heavy atom. The van der Waals surface area contributed by atoms with Crippen LogP contribution in [0, 0.1) is 0 Å². The summed E-state index contributed by atoms with van der Waals surface area (Å²) in [5, 5.41) is 18.1. The Labute approximate surface area is 91.3 Å². The summed E-state index contributed by atoms with van der Waals surface area (Å²) >= 11 is 0. The standard InChI is InChI=1S/C11H21N3O/c1-4-6-11(3,15)8-10-9-14(7-5-2)13-12-10/h9,15H,4-8H2,1-3H3. The maximum Gasteiger partial charge on any atom is 0.0855 e. The van der Waals surface area contributed by atoms with Gasteiger partial charge in [0, 0.05) is 19.2 Å². The lowest BCUT2D eigenvalue weighted by atomic mass is 9.95. The van der Waals surface area contributed by atoms with E-state index in [9.17, 15) is 5.11 Å². The van der Waals surface area contributed by atoms with E-state index in [0.29, 0.717) is 6.42 Å². The van der Waals surface area contributed by atoms with Crippen LogP contribution in [0.25, 0.3) is 0 Å². The number of aryl methyl sites for hydroxylation is 1. The molecular weight excluding hydrogens is 190 g/mol. The Balaban J connectivity index is 2.56. The van der Waals surface area contributed by atoms with E-state index >= 15 is 0 Å². The molecule has 0 amide bonds. The highest BCUT2D eigenvalue weighted by atomic mass is 16.3. The van der Waals surface area contributed by atoms with Crippen LogP contribution in [0.2, 0.25) is 0 Å². The van der Waals surface area contributed by atoms with E-state index in [1.165, 1.54) is 0 Å². The van der Waals surface area contributed by atoms with Gasteiger partial charge in [0.05, 0.1) is 11.3 Å². The third-order valence-electron chi connectivity index (χ3n) is 2.39. The molecule has 1 heterocycles. The minimum atomic E-state index is -0.651. The molecule has 1 aromatic heterocycles. The minimum Gasteiger partial charge on any atom is -0.390 e. The van der Waals surface area contributed by atoms with E-state index < -0.39 is 5.60 Å². The molecule has 0 aromatic carbocycles. The van der Waals surface area contributed by atoms with Crippen LogP contribution in [0.4, 0.5) is 0 Å². The summed E-state index contributed by atoms with van der Waals surface area (Å²) in [6.45, 7) is 6.93. The molecule has 1 N–H and O–H groups in total. The van der Waals surface area contributed by atoms with Crippen LogP contribution >= 0.6 is 0 Å². The van der Waals surface area contributed by atoms with E-state index in [2.05, 4.69) is 24.2 Å². The van der Waals surface area contributed by atoms with E-state index in [1.807, 2.05) is 17.8 Å². The van der Waals surface area contributed by atoms with Crippen LogP contribution in [0.15, 0.2) is 6.20 Å². The maximum atomic E-state index is 10.0. The summed E-state index contributed by atoms with van der Waals surface area (Å²) in [4.78, 5) is 0. The van der Waals surface area contributed by atoms with Crippen molar-refractivity contribution in [3.8, 4) is 0 Å². The lowest BCUT2D eigenvalue weighted by Crippen LogP contribution is -2.26. The van der Waals surface area contributed by atoms with Crippen molar-refractivity contribution in [2.75, 3.05) is 0 Å². The Morgan fingerprint density at radius 2 is 2.13 bits per heavy atom. The minimum absolute atomic E-state index is 0.588. The zero-order valence-corrected chi connectivity index (χ0v) is 9.90. The van der Waals surface area contributed by atoms with Crippen LogP contribution in [-0.2, 0) is 13.0 Å². The summed E-state index contributed by atoms with van der Waals surface area (Å²) in [6, 6.07) is 0. The van der Waals surface area contributed by atoms with E-state index in [-0.39, 0.29) is 0 Å². The first kappa shape index (κ1) is 12.2. The van der Waals surface area contributed by atoms with Crippen molar-refractivity contribution in [1.29, 1.82) is 0 Å². The Kier molecular flexibility index (Phi) is 4.27. The molecule has 1 atom stereocenters. The van der Waals surface area contributed by atoms with Crippen LogP contribution in [0.1, 0.15) is 45.7 Å². The second-order valence-corrected chi connectivity index (χ2v) is 4.40. The van der Waals surface area contributed by atoms with E-state index in [4.69, 9.17) is 0 Å². The zero-order chi connectivity index (χ0) is 11.3. The fourth-order valence-electron chi connectivity index (χ4n) is 1.78. The van der Waals surface area contributed by atoms with Crippen LogP contribution < -0.4 is 0 Å². The average molecular weight is 211 g/mol. The van der Waals surface area contributed by atoms with Gasteiger partial charge in [-0.3, -0.25) is 4.68 Å². The molecule has 0 fully saturated rings. The van der Waals surface area contributed by atoms with E-state index in [0.717, 1.165) is 31.5 Å². The van der Waals surface area contributed by atoms with Gasteiger partial charge in [0.15, 0.2) is 0 Å².